The highest BCUT2D eigenvalue weighted by molar-refractivity contribution is 9.10. The van der Waals surface area contributed by atoms with Crippen LogP contribution >= 0.6 is 15.9 Å². The van der Waals surface area contributed by atoms with Gasteiger partial charge in [0.25, 0.3) is 0 Å². The fourth-order valence-electron chi connectivity index (χ4n) is 2.52. The molecule has 4 nitrogen and oxygen atoms in total. The van der Waals surface area contributed by atoms with Gasteiger partial charge < -0.3 is 10.2 Å². The van der Waals surface area contributed by atoms with E-state index in [-0.39, 0.29) is 12.5 Å². The summed E-state index contributed by atoms with van der Waals surface area (Å²) >= 11 is 3.42. The van der Waals surface area contributed by atoms with Crippen LogP contribution in [0.2, 0.25) is 0 Å². The summed E-state index contributed by atoms with van der Waals surface area (Å²) in [6.07, 6.45) is 0. The van der Waals surface area contributed by atoms with Gasteiger partial charge in [0.2, 0.25) is 5.91 Å². The van der Waals surface area contributed by atoms with Crippen molar-refractivity contribution >= 4 is 44.2 Å². The number of hydrogen-bond acceptors (Lipinski definition) is 3. The summed E-state index contributed by atoms with van der Waals surface area (Å²) in [5, 5.41) is 4.03. The normalized spacial score (nSPS) is 10.6. The van der Waals surface area contributed by atoms with Gasteiger partial charge in [0, 0.05) is 22.6 Å². The topological polar surface area (TPSA) is 45.2 Å². The van der Waals surface area contributed by atoms with Crippen LogP contribution in [0, 0.1) is 6.92 Å². The minimum absolute atomic E-state index is 0.0714. The summed E-state index contributed by atoms with van der Waals surface area (Å²) in [5.74, 6) is 0.703. The average Bonchev–Trinajstić information content (AvgIpc) is 2.57. The Balaban J connectivity index is 1.70. The summed E-state index contributed by atoms with van der Waals surface area (Å²) < 4.78 is 0.996. The average molecular weight is 384 g/mol. The number of fused-ring (bicyclic) bond motifs is 1. The molecule has 3 rings (SSSR count). The Morgan fingerprint density at radius 3 is 2.75 bits per heavy atom. The summed E-state index contributed by atoms with van der Waals surface area (Å²) in [6.45, 7) is 2.20. The van der Waals surface area contributed by atoms with Gasteiger partial charge >= 0.3 is 0 Å². The Morgan fingerprint density at radius 1 is 1.17 bits per heavy atom. The first-order valence-electron chi connectivity index (χ1n) is 7.66. The van der Waals surface area contributed by atoms with Gasteiger partial charge in [-0.15, -0.1) is 0 Å². The number of rotatable bonds is 4. The van der Waals surface area contributed by atoms with E-state index in [1.807, 2.05) is 73.5 Å². The standard InChI is InChI=1S/C19H18BrN3O/c1-13-11-15(20)8-9-16(13)22-19(24)12-23(2)18-10-7-14-5-3-4-6-17(14)21-18/h3-11H,12H2,1-2H3,(H,22,24). The lowest BCUT2D eigenvalue weighted by atomic mass is 10.2. The maximum absolute atomic E-state index is 12.3. The molecule has 0 radical (unpaired) electrons. The molecule has 1 heterocycles. The molecule has 0 saturated heterocycles. The van der Waals surface area contributed by atoms with Gasteiger partial charge in [-0.2, -0.15) is 0 Å². The maximum Gasteiger partial charge on any atom is 0.243 e. The first-order chi connectivity index (χ1) is 11.5. The molecule has 1 amide bonds. The highest BCUT2D eigenvalue weighted by Gasteiger charge is 2.10. The molecule has 1 N–H and O–H groups in total. The van der Waals surface area contributed by atoms with Gasteiger partial charge in [0.05, 0.1) is 12.1 Å². The van der Waals surface area contributed by atoms with Crippen LogP contribution in [-0.4, -0.2) is 24.5 Å². The van der Waals surface area contributed by atoms with Crippen molar-refractivity contribution < 1.29 is 4.79 Å². The molecule has 1 aromatic heterocycles. The quantitative estimate of drug-likeness (QED) is 0.726. The molecular weight excluding hydrogens is 366 g/mol. The maximum atomic E-state index is 12.3. The molecule has 122 valence electrons. The molecule has 0 fully saturated rings. The van der Waals surface area contributed by atoms with Crippen molar-refractivity contribution in [1.82, 2.24) is 4.98 Å². The second kappa shape index (κ2) is 7.01. The van der Waals surface area contributed by atoms with Crippen LogP contribution in [0.15, 0.2) is 59.1 Å². The first-order valence-corrected chi connectivity index (χ1v) is 8.45. The molecule has 2 aromatic carbocycles. The zero-order chi connectivity index (χ0) is 17.1. The van der Waals surface area contributed by atoms with Crippen molar-refractivity contribution in [3.63, 3.8) is 0 Å². The largest absolute Gasteiger partial charge is 0.350 e. The van der Waals surface area contributed by atoms with E-state index in [1.165, 1.54) is 0 Å². The van der Waals surface area contributed by atoms with Crippen LogP contribution < -0.4 is 10.2 Å². The number of nitrogens with one attached hydrogen (secondary N) is 1. The molecule has 0 aliphatic rings. The van der Waals surface area contributed by atoms with E-state index >= 15 is 0 Å². The van der Waals surface area contributed by atoms with Gasteiger partial charge in [0.1, 0.15) is 5.82 Å². The van der Waals surface area contributed by atoms with E-state index in [0.717, 1.165) is 32.4 Å². The van der Waals surface area contributed by atoms with Crippen molar-refractivity contribution in [3.8, 4) is 0 Å². The predicted octanol–water partition coefficient (Wildman–Crippen LogP) is 4.38. The van der Waals surface area contributed by atoms with E-state index < -0.39 is 0 Å². The molecule has 0 aliphatic carbocycles. The number of carbonyl (C=O) groups excluding carboxylic acids is 1. The minimum Gasteiger partial charge on any atom is -0.350 e. The second-order valence-corrected chi connectivity index (χ2v) is 6.64. The van der Waals surface area contributed by atoms with Crippen molar-refractivity contribution in [2.45, 2.75) is 6.92 Å². The molecule has 0 saturated carbocycles. The van der Waals surface area contributed by atoms with Crippen molar-refractivity contribution in [3.05, 3.63) is 64.6 Å². The summed E-state index contributed by atoms with van der Waals surface area (Å²) in [4.78, 5) is 18.8. The van der Waals surface area contributed by atoms with E-state index in [0.29, 0.717) is 0 Å². The smallest absolute Gasteiger partial charge is 0.243 e. The lowest BCUT2D eigenvalue weighted by Gasteiger charge is -2.18. The third-order valence-corrected chi connectivity index (χ3v) is 4.31. The Morgan fingerprint density at radius 2 is 1.96 bits per heavy atom. The van der Waals surface area contributed by atoms with Crippen LogP contribution in [-0.2, 0) is 4.79 Å². The van der Waals surface area contributed by atoms with Crippen LogP contribution in [0.3, 0.4) is 0 Å². The van der Waals surface area contributed by atoms with E-state index in [9.17, 15) is 4.79 Å². The third kappa shape index (κ3) is 3.74. The van der Waals surface area contributed by atoms with Crippen LogP contribution in [0.25, 0.3) is 10.9 Å². The predicted molar refractivity (Wildman–Crippen MR) is 103 cm³/mol. The number of anilines is 2. The number of para-hydroxylation sites is 1. The van der Waals surface area contributed by atoms with Crippen molar-refractivity contribution in [1.29, 1.82) is 0 Å². The number of pyridine rings is 1. The molecule has 5 heteroatoms. The van der Waals surface area contributed by atoms with Crippen LogP contribution in [0.1, 0.15) is 5.56 Å². The fraction of sp³-hybridized carbons (Fsp3) is 0.158. The number of benzene rings is 2. The first kappa shape index (κ1) is 16.5. The number of hydrogen-bond donors (Lipinski definition) is 1. The highest BCUT2D eigenvalue weighted by atomic mass is 79.9. The summed E-state index contributed by atoms with van der Waals surface area (Å²) in [7, 11) is 1.87. The lowest BCUT2D eigenvalue weighted by molar-refractivity contribution is -0.114. The van der Waals surface area contributed by atoms with Gasteiger partial charge in [-0.1, -0.05) is 34.1 Å². The van der Waals surface area contributed by atoms with Crippen LogP contribution in [0.5, 0.6) is 0 Å². The van der Waals surface area contributed by atoms with E-state index in [1.54, 1.807) is 0 Å². The molecule has 0 atom stereocenters. The number of nitrogens with zero attached hydrogens (tertiary/aromatic N) is 2. The molecule has 0 aliphatic heterocycles. The Kier molecular flexibility index (Phi) is 4.81. The molecule has 0 unspecified atom stereocenters. The number of likely N-dealkylation sites (N-methyl/N-ethyl adjacent to an activating group) is 1. The van der Waals surface area contributed by atoms with Crippen molar-refractivity contribution in [2.75, 3.05) is 23.8 Å². The zero-order valence-electron chi connectivity index (χ0n) is 13.6. The number of amides is 1. The SMILES string of the molecule is Cc1cc(Br)ccc1NC(=O)CN(C)c1ccc2ccccc2n1. The highest BCUT2D eigenvalue weighted by Crippen LogP contribution is 2.20. The Bertz CT molecular complexity index is 895. The summed E-state index contributed by atoms with van der Waals surface area (Å²) in [6, 6.07) is 17.7. The molecular formula is C19H18BrN3O. The third-order valence-electron chi connectivity index (χ3n) is 3.82. The van der Waals surface area contributed by atoms with Crippen LogP contribution in [0.4, 0.5) is 11.5 Å². The molecule has 0 bridgehead atoms. The van der Waals surface area contributed by atoms with Gasteiger partial charge in [-0.25, -0.2) is 4.98 Å². The van der Waals surface area contributed by atoms with Gasteiger partial charge in [-0.05, 0) is 48.9 Å². The molecule has 3 aromatic rings. The minimum atomic E-state index is -0.0714. The fourth-order valence-corrected chi connectivity index (χ4v) is 3.00. The Hall–Kier alpha value is -2.40. The lowest BCUT2D eigenvalue weighted by Crippen LogP contribution is -2.30. The summed E-state index contributed by atoms with van der Waals surface area (Å²) in [5.41, 5.74) is 2.76. The van der Waals surface area contributed by atoms with E-state index in [4.69, 9.17) is 0 Å². The number of halogens is 1. The number of carbonyl (C=O) groups is 1. The van der Waals surface area contributed by atoms with Crippen molar-refractivity contribution in [2.24, 2.45) is 0 Å². The molecule has 24 heavy (non-hydrogen) atoms. The molecule has 0 spiro atoms. The van der Waals surface area contributed by atoms with Gasteiger partial charge in [-0.3, -0.25) is 4.79 Å². The number of aryl methyl sites for hydroxylation is 1. The second-order valence-electron chi connectivity index (χ2n) is 5.73. The number of aromatic nitrogens is 1. The monoisotopic (exact) mass is 383 g/mol. The van der Waals surface area contributed by atoms with E-state index in [2.05, 4.69) is 26.2 Å². The van der Waals surface area contributed by atoms with Gasteiger partial charge in [0.15, 0.2) is 0 Å². The Labute approximate surface area is 149 Å². The zero-order valence-corrected chi connectivity index (χ0v) is 15.2.